The molecule has 2 N–H and O–H groups in total. The molecule has 4 aromatic rings. The normalized spacial score (nSPS) is 13.5. The number of nitrogens with one attached hydrogen (secondary N) is 1. The number of ether oxygens (including phenoxy) is 1. The van der Waals surface area contributed by atoms with Gasteiger partial charge in [-0.1, -0.05) is 36.4 Å². The van der Waals surface area contributed by atoms with Gasteiger partial charge in [0.1, 0.15) is 11.9 Å². The Morgan fingerprint density at radius 1 is 1.10 bits per heavy atom. The molecule has 0 aliphatic heterocycles. The number of benzene rings is 3. The highest BCUT2D eigenvalue weighted by molar-refractivity contribution is 7.98. The lowest BCUT2D eigenvalue weighted by Crippen LogP contribution is -2.26. The van der Waals surface area contributed by atoms with Gasteiger partial charge < -0.3 is 19.7 Å². The number of hydrogen-bond acceptors (Lipinski definition) is 6. The van der Waals surface area contributed by atoms with Crippen LogP contribution in [-0.2, 0) is 18.7 Å². The molecule has 0 saturated heterocycles. The summed E-state index contributed by atoms with van der Waals surface area (Å²) in [6.07, 6.45) is 7.43. The van der Waals surface area contributed by atoms with Crippen LogP contribution in [-0.4, -0.2) is 39.5 Å². The van der Waals surface area contributed by atoms with Crippen molar-refractivity contribution >= 4 is 23.5 Å². The second-order valence-corrected chi connectivity index (χ2v) is 10.5. The van der Waals surface area contributed by atoms with E-state index in [0.29, 0.717) is 24.3 Å². The molecule has 39 heavy (non-hydrogen) atoms. The molecule has 3 aromatic carbocycles. The van der Waals surface area contributed by atoms with Crippen molar-refractivity contribution in [2.75, 3.05) is 13.2 Å². The number of carbonyl (C=O) groups is 2. The Morgan fingerprint density at radius 2 is 1.97 bits per heavy atom. The number of Topliss-reactive ketones (excluding diaryl/α,β-unsaturated/α-hetero) is 1. The van der Waals surface area contributed by atoms with E-state index < -0.39 is 0 Å². The molecule has 0 bridgehead atoms. The van der Waals surface area contributed by atoms with Gasteiger partial charge in [0.05, 0.1) is 19.5 Å². The average molecular weight is 542 g/mol. The molecule has 0 saturated carbocycles. The molecule has 1 aromatic heterocycles. The first-order valence-electron chi connectivity index (χ1n) is 13.1. The van der Waals surface area contributed by atoms with Crippen LogP contribution in [0.3, 0.4) is 0 Å². The number of imidazole rings is 1. The van der Waals surface area contributed by atoms with E-state index in [1.165, 1.54) is 0 Å². The summed E-state index contributed by atoms with van der Waals surface area (Å²) in [5.41, 5.74) is 4.46. The predicted octanol–water partition coefficient (Wildman–Crippen LogP) is 5.24. The zero-order chi connectivity index (χ0) is 27.0. The van der Waals surface area contributed by atoms with Crippen molar-refractivity contribution in [1.29, 1.82) is 0 Å². The van der Waals surface area contributed by atoms with Crippen LogP contribution in [0, 0.1) is 0 Å². The lowest BCUT2D eigenvalue weighted by Gasteiger charge is -2.25. The van der Waals surface area contributed by atoms with E-state index in [4.69, 9.17) is 9.84 Å². The second kappa shape index (κ2) is 12.8. The van der Waals surface area contributed by atoms with E-state index in [1.807, 2.05) is 59.3 Å². The summed E-state index contributed by atoms with van der Waals surface area (Å²) in [7, 11) is 0. The third-order valence-corrected chi connectivity index (χ3v) is 7.79. The first-order chi connectivity index (χ1) is 19.1. The van der Waals surface area contributed by atoms with Crippen molar-refractivity contribution in [3.8, 4) is 5.75 Å². The van der Waals surface area contributed by atoms with Crippen LogP contribution in [0.25, 0.3) is 0 Å². The van der Waals surface area contributed by atoms with Crippen LogP contribution in [0.2, 0.25) is 0 Å². The molecule has 1 atom stereocenters. The summed E-state index contributed by atoms with van der Waals surface area (Å²) in [6.45, 7) is 0.700. The quantitative estimate of drug-likeness (QED) is 0.252. The van der Waals surface area contributed by atoms with Crippen LogP contribution in [0.4, 0.5) is 0 Å². The topological polar surface area (TPSA) is 93.4 Å². The van der Waals surface area contributed by atoms with E-state index in [9.17, 15) is 9.59 Å². The number of thioether (sulfide) groups is 1. The number of ketones is 1. The van der Waals surface area contributed by atoms with Crippen LogP contribution in [0.5, 0.6) is 5.75 Å². The minimum atomic E-state index is -0.250. The maximum atomic E-state index is 12.8. The fraction of sp³-hybridized carbons (Fsp3) is 0.258. The second-order valence-electron chi connectivity index (χ2n) is 9.42. The highest BCUT2D eigenvalue weighted by atomic mass is 32.2. The molecule has 1 unspecified atom stereocenters. The first kappa shape index (κ1) is 26.7. The molecule has 5 rings (SSSR count). The van der Waals surface area contributed by atoms with E-state index >= 15 is 0 Å². The van der Waals surface area contributed by atoms with Gasteiger partial charge in [0.2, 0.25) is 0 Å². The zero-order valence-corrected chi connectivity index (χ0v) is 22.4. The minimum Gasteiger partial charge on any atom is -0.484 e. The van der Waals surface area contributed by atoms with Crippen molar-refractivity contribution < 1.29 is 19.4 Å². The molecule has 1 heterocycles. The Morgan fingerprint density at radius 3 is 2.77 bits per heavy atom. The van der Waals surface area contributed by atoms with Crippen molar-refractivity contribution in [3.63, 3.8) is 0 Å². The number of rotatable bonds is 11. The SMILES string of the molecule is O=C(NCCO)c1cccc(SCc2c(OC(Cn3ccnc3)c3ccccc3)ccc3c2CCCC3=O)c1. The van der Waals surface area contributed by atoms with Gasteiger partial charge in [-0.05, 0) is 54.3 Å². The predicted molar refractivity (Wildman–Crippen MR) is 151 cm³/mol. The number of aromatic nitrogens is 2. The van der Waals surface area contributed by atoms with Gasteiger partial charge in [-0.3, -0.25) is 9.59 Å². The Kier molecular flexibility index (Phi) is 8.75. The molecule has 7 nitrogen and oxygen atoms in total. The third-order valence-electron chi connectivity index (χ3n) is 6.77. The van der Waals surface area contributed by atoms with Gasteiger partial charge in [-0.25, -0.2) is 4.98 Å². The number of hydrogen-bond donors (Lipinski definition) is 2. The smallest absolute Gasteiger partial charge is 0.251 e. The lowest BCUT2D eigenvalue weighted by atomic mass is 9.87. The van der Waals surface area contributed by atoms with Gasteiger partial charge in [0, 0.05) is 52.7 Å². The molecule has 1 aliphatic rings. The number of aliphatic hydroxyl groups is 1. The number of carbonyl (C=O) groups excluding carboxylic acids is 2. The summed E-state index contributed by atoms with van der Waals surface area (Å²) < 4.78 is 8.74. The van der Waals surface area contributed by atoms with E-state index in [1.54, 1.807) is 30.4 Å². The van der Waals surface area contributed by atoms with Gasteiger partial charge in [0.15, 0.2) is 5.78 Å². The van der Waals surface area contributed by atoms with Crippen molar-refractivity contribution in [1.82, 2.24) is 14.9 Å². The molecule has 0 radical (unpaired) electrons. The number of fused-ring (bicyclic) bond motifs is 1. The fourth-order valence-corrected chi connectivity index (χ4v) is 5.83. The Hall–Kier alpha value is -3.88. The highest BCUT2D eigenvalue weighted by Crippen LogP contribution is 2.38. The summed E-state index contributed by atoms with van der Waals surface area (Å²) in [6, 6.07) is 21.4. The van der Waals surface area contributed by atoms with Gasteiger partial charge in [0.25, 0.3) is 5.91 Å². The van der Waals surface area contributed by atoms with Crippen molar-refractivity contribution in [3.05, 3.63) is 113 Å². The molecular weight excluding hydrogens is 510 g/mol. The van der Waals surface area contributed by atoms with Crippen molar-refractivity contribution in [2.24, 2.45) is 0 Å². The third kappa shape index (κ3) is 6.58. The molecule has 1 aliphatic carbocycles. The number of amides is 1. The maximum Gasteiger partial charge on any atom is 0.251 e. The number of nitrogens with zero attached hydrogens (tertiary/aromatic N) is 2. The molecule has 0 spiro atoms. The number of aliphatic hydroxyl groups excluding tert-OH is 1. The highest BCUT2D eigenvalue weighted by Gasteiger charge is 2.25. The fourth-order valence-electron chi connectivity index (χ4n) is 4.82. The van der Waals surface area contributed by atoms with Crippen LogP contribution in [0.15, 0.2) is 90.3 Å². The Bertz CT molecular complexity index is 1420. The van der Waals surface area contributed by atoms with Crippen molar-refractivity contribution in [2.45, 2.75) is 42.6 Å². The molecular formula is C31H31N3O4S. The summed E-state index contributed by atoms with van der Waals surface area (Å²) in [5.74, 6) is 1.32. The van der Waals surface area contributed by atoms with E-state index in [2.05, 4.69) is 22.4 Å². The van der Waals surface area contributed by atoms with E-state index in [0.717, 1.165) is 45.7 Å². The molecule has 200 valence electrons. The zero-order valence-electron chi connectivity index (χ0n) is 21.6. The standard InChI is InChI=1S/C31H31N3O4S/c35-17-15-33-31(37)23-8-4-9-24(18-23)39-20-27-25-10-5-11-28(36)26(25)12-13-29(27)38-30(19-34-16-14-32-21-34)22-6-2-1-3-7-22/h1-4,6-9,12-14,16,18,21,30,35H,5,10-11,15,17,19-20H2,(H,33,37). The molecule has 8 heteroatoms. The van der Waals surface area contributed by atoms with E-state index in [-0.39, 0.29) is 30.9 Å². The minimum absolute atomic E-state index is 0.106. The average Bonchev–Trinajstić information content (AvgIpc) is 3.49. The monoisotopic (exact) mass is 541 g/mol. The molecule has 0 fully saturated rings. The summed E-state index contributed by atoms with van der Waals surface area (Å²) in [5, 5.41) is 11.7. The van der Waals surface area contributed by atoms with Crippen LogP contribution in [0.1, 0.15) is 56.4 Å². The van der Waals surface area contributed by atoms with Gasteiger partial charge >= 0.3 is 0 Å². The largest absolute Gasteiger partial charge is 0.484 e. The van der Waals surface area contributed by atoms with Crippen LogP contribution >= 0.6 is 11.8 Å². The summed E-state index contributed by atoms with van der Waals surface area (Å²) >= 11 is 1.61. The maximum absolute atomic E-state index is 12.8. The van der Waals surface area contributed by atoms with Crippen LogP contribution < -0.4 is 10.1 Å². The molecule has 1 amide bonds. The Labute approximate surface area is 232 Å². The van der Waals surface area contributed by atoms with Gasteiger partial charge in [-0.15, -0.1) is 11.8 Å². The Balaban J connectivity index is 1.45. The first-order valence-corrected chi connectivity index (χ1v) is 14.1. The summed E-state index contributed by atoms with van der Waals surface area (Å²) in [4.78, 5) is 30.3. The lowest BCUT2D eigenvalue weighted by molar-refractivity contribution is 0.0942. The van der Waals surface area contributed by atoms with Gasteiger partial charge in [-0.2, -0.15) is 0 Å².